The Labute approximate surface area is 89.6 Å². The number of hydrogen-bond acceptors (Lipinski definition) is 4. The van der Waals surface area contributed by atoms with Crippen molar-refractivity contribution in [2.24, 2.45) is 0 Å². The number of carbonyl (C=O) groups excluding carboxylic acids is 1. The van der Waals surface area contributed by atoms with Gasteiger partial charge in [-0.3, -0.25) is 0 Å². The molecule has 4 nitrogen and oxygen atoms in total. The molecule has 0 aromatic carbocycles. The topological polar surface area (TPSA) is 63.0 Å². The van der Waals surface area contributed by atoms with Crippen molar-refractivity contribution in [2.75, 3.05) is 6.61 Å². The van der Waals surface area contributed by atoms with Gasteiger partial charge < -0.3 is 4.74 Å². The SMILES string of the molecule is CCOC(=O)c1ccc(C#N)c(Br)n1. The van der Waals surface area contributed by atoms with Gasteiger partial charge in [0.1, 0.15) is 16.4 Å². The van der Waals surface area contributed by atoms with E-state index in [0.717, 1.165) is 0 Å². The van der Waals surface area contributed by atoms with Gasteiger partial charge in [-0.25, -0.2) is 9.78 Å². The summed E-state index contributed by atoms with van der Waals surface area (Å²) in [5, 5.41) is 8.62. The summed E-state index contributed by atoms with van der Waals surface area (Å²) >= 11 is 3.09. The molecule has 0 N–H and O–H groups in total. The Morgan fingerprint density at radius 1 is 1.71 bits per heavy atom. The van der Waals surface area contributed by atoms with E-state index < -0.39 is 5.97 Å². The zero-order chi connectivity index (χ0) is 10.6. The van der Waals surface area contributed by atoms with Crippen LogP contribution >= 0.6 is 15.9 Å². The van der Waals surface area contributed by atoms with Crippen LogP contribution in [0.3, 0.4) is 0 Å². The summed E-state index contributed by atoms with van der Waals surface area (Å²) < 4.78 is 5.10. The lowest BCUT2D eigenvalue weighted by Crippen LogP contribution is -2.07. The fourth-order valence-corrected chi connectivity index (χ4v) is 1.25. The molecular formula is C9H7BrN2O2. The summed E-state index contributed by atoms with van der Waals surface area (Å²) in [7, 11) is 0. The van der Waals surface area contributed by atoms with Gasteiger partial charge in [0.05, 0.1) is 12.2 Å². The molecule has 0 unspecified atom stereocenters. The molecule has 1 aromatic heterocycles. The molecule has 0 fully saturated rings. The number of pyridine rings is 1. The maximum absolute atomic E-state index is 11.2. The molecule has 0 aliphatic heterocycles. The fourth-order valence-electron chi connectivity index (χ4n) is 0.836. The molecule has 1 rings (SSSR count). The molecule has 0 spiro atoms. The van der Waals surface area contributed by atoms with E-state index in [9.17, 15) is 4.79 Å². The van der Waals surface area contributed by atoms with E-state index in [0.29, 0.717) is 16.8 Å². The minimum atomic E-state index is -0.488. The smallest absolute Gasteiger partial charge is 0.356 e. The lowest BCUT2D eigenvalue weighted by molar-refractivity contribution is 0.0519. The van der Waals surface area contributed by atoms with Crippen molar-refractivity contribution in [3.8, 4) is 6.07 Å². The van der Waals surface area contributed by atoms with Crippen molar-refractivity contribution in [3.63, 3.8) is 0 Å². The Kier molecular flexibility index (Phi) is 3.60. The standard InChI is InChI=1S/C9H7BrN2O2/c1-2-14-9(13)7-4-3-6(5-11)8(10)12-7/h3-4H,2H2,1H3. The number of nitriles is 1. The maximum atomic E-state index is 11.2. The highest BCUT2D eigenvalue weighted by Crippen LogP contribution is 2.13. The number of ether oxygens (including phenoxy) is 1. The highest BCUT2D eigenvalue weighted by Gasteiger charge is 2.10. The van der Waals surface area contributed by atoms with Crippen LogP contribution in [0.4, 0.5) is 0 Å². The van der Waals surface area contributed by atoms with Gasteiger partial charge >= 0.3 is 5.97 Å². The zero-order valence-electron chi connectivity index (χ0n) is 7.45. The van der Waals surface area contributed by atoms with Crippen molar-refractivity contribution < 1.29 is 9.53 Å². The van der Waals surface area contributed by atoms with Crippen LogP contribution in [-0.4, -0.2) is 17.6 Å². The van der Waals surface area contributed by atoms with Crippen molar-refractivity contribution in [1.29, 1.82) is 5.26 Å². The van der Waals surface area contributed by atoms with Crippen molar-refractivity contribution in [2.45, 2.75) is 6.92 Å². The first-order valence-electron chi connectivity index (χ1n) is 3.92. The second kappa shape index (κ2) is 4.72. The van der Waals surface area contributed by atoms with Crippen LogP contribution in [0.5, 0.6) is 0 Å². The molecule has 0 aliphatic carbocycles. The van der Waals surface area contributed by atoms with Gasteiger partial charge in [-0.05, 0) is 35.0 Å². The third-order valence-electron chi connectivity index (χ3n) is 1.45. The highest BCUT2D eigenvalue weighted by atomic mass is 79.9. The predicted octanol–water partition coefficient (Wildman–Crippen LogP) is 1.89. The normalized spacial score (nSPS) is 9.21. The van der Waals surface area contributed by atoms with E-state index >= 15 is 0 Å². The third-order valence-corrected chi connectivity index (χ3v) is 2.06. The van der Waals surface area contributed by atoms with Gasteiger partial charge in [0.25, 0.3) is 0 Å². The molecule has 0 aliphatic rings. The fraction of sp³-hybridized carbons (Fsp3) is 0.222. The molecule has 0 radical (unpaired) electrons. The minimum Gasteiger partial charge on any atom is -0.461 e. The summed E-state index contributed by atoms with van der Waals surface area (Å²) in [5.74, 6) is -0.488. The molecule has 0 amide bonds. The van der Waals surface area contributed by atoms with E-state index in [2.05, 4.69) is 20.9 Å². The lowest BCUT2D eigenvalue weighted by atomic mass is 10.3. The Bertz CT molecular complexity index is 398. The van der Waals surface area contributed by atoms with Crippen molar-refractivity contribution >= 4 is 21.9 Å². The van der Waals surface area contributed by atoms with Crippen LogP contribution in [0, 0.1) is 11.3 Å². The molecule has 0 saturated carbocycles. The second-order valence-corrected chi connectivity index (χ2v) is 3.12. The summed E-state index contributed by atoms with van der Waals surface area (Å²) in [4.78, 5) is 15.1. The number of halogens is 1. The zero-order valence-corrected chi connectivity index (χ0v) is 9.04. The van der Waals surface area contributed by atoms with Crippen molar-refractivity contribution in [3.05, 3.63) is 28.0 Å². The van der Waals surface area contributed by atoms with E-state index in [1.165, 1.54) is 12.1 Å². The van der Waals surface area contributed by atoms with Gasteiger partial charge in [0.2, 0.25) is 0 Å². The number of nitrogens with zero attached hydrogens (tertiary/aromatic N) is 2. The first kappa shape index (κ1) is 10.7. The number of carbonyl (C=O) groups is 1. The van der Waals surface area contributed by atoms with Crippen LogP contribution in [-0.2, 0) is 4.74 Å². The molecule has 0 bridgehead atoms. The minimum absolute atomic E-state index is 0.192. The number of rotatable bonds is 2. The van der Waals surface area contributed by atoms with Gasteiger partial charge in [0, 0.05) is 0 Å². The summed E-state index contributed by atoms with van der Waals surface area (Å²) in [5.41, 5.74) is 0.579. The average molecular weight is 255 g/mol. The molecule has 1 aromatic rings. The quantitative estimate of drug-likeness (QED) is 0.598. The Morgan fingerprint density at radius 3 is 2.93 bits per heavy atom. The van der Waals surface area contributed by atoms with E-state index in [1.807, 2.05) is 6.07 Å². The van der Waals surface area contributed by atoms with E-state index in [1.54, 1.807) is 6.92 Å². The van der Waals surface area contributed by atoms with Gasteiger partial charge in [0.15, 0.2) is 0 Å². The van der Waals surface area contributed by atoms with Crippen LogP contribution in [0.1, 0.15) is 23.0 Å². The maximum Gasteiger partial charge on any atom is 0.356 e. The Hall–Kier alpha value is -1.41. The lowest BCUT2D eigenvalue weighted by Gasteiger charge is -2.01. The molecule has 1 heterocycles. The van der Waals surface area contributed by atoms with Gasteiger partial charge in [-0.2, -0.15) is 5.26 Å². The monoisotopic (exact) mass is 254 g/mol. The Balaban J connectivity index is 2.98. The number of hydrogen-bond donors (Lipinski definition) is 0. The largest absolute Gasteiger partial charge is 0.461 e. The second-order valence-electron chi connectivity index (χ2n) is 2.37. The number of esters is 1. The molecular weight excluding hydrogens is 248 g/mol. The third kappa shape index (κ3) is 2.30. The van der Waals surface area contributed by atoms with Gasteiger partial charge in [-0.1, -0.05) is 0 Å². The summed E-state index contributed by atoms with van der Waals surface area (Å²) in [6, 6.07) is 4.91. The van der Waals surface area contributed by atoms with E-state index in [-0.39, 0.29) is 5.69 Å². The molecule has 0 saturated heterocycles. The predicted molar refractivity (Wildman–Crippen MR) is 52.6 cm³/mol. The van der Waals surface area contributed by atoms with Crippen LogP contribution in [0.15, 0.2) is 16.7 Å². The molecule has 14 heavy (non-hydrogen) atoms. The van der Waals surface area contributed by atoms with Crippen LogP contribution in [0.25, 0.3) is 0 Å². The average Bonchev–Trinajstić information content (AvgIpc) is 2.18. The molecule has 72 valence electrons. The first-order valence-corrected chi connectivity index (χ1v) is 4.72. The first-order chi connectivity index (χ1) is 6.69. The van der Waals surface area contributed by atoms with Crippen molar-refractivity contribution in [1.82, 2.24) is 4.98 Å². The van der Waals surface area contributed by atoms with Crippen LogP contribution in [0.2, 0.25) is 0 Å². The van der Waals surface area contributed by atoms with Gasteiger partial charge in [-0.15, -0.1) is 0 Å². The number of aromatic nitrogens is 1. The molecule has 5 heteroatoms. The Morgan fingerprint density at radius 2 is 2.43 bits per heavy atom. The summed E-state index contributed by atoms with van der Waals surface area (Å²) in [6.45, 7) is 2.02. The summed E-state index contributed by atoms with van der Waals surface area (Å²) in [6.07, 6.45) is 0. The van der Waals surface area contributed by atoms with E-state index in [4.69, 9.17) is 10.00 Å². The molecule has 0 atom stereocenters. The highest BCUT2D eigenvalue weighted by molar-refractivity contribution is 9.10. The van der Waals surface area contributed by atoms with Crippen LogP contribution < -0.4 is 0 Å².